The Balaban J connectivity index is 1.78. The van der Waals surface area contributed by atoms with Gasteiger partial charge in [0.05, 0.1) is 14.2 Å². The molecule has 1 heterocycles. The van der Waals surface area contributed by atoms with Crippen LogP contribution in [-0.4, -0.2) is 20.1 Å². The fourth-order valence-electron chi connectivity index (χ4n) is 2.36. The molecule has 0 saturated carbocycles. The van der Waals surface area contributed by atoms with Crippen molar-refractivity contribution in [1.29, 1.82) is 0 Å². The summed E-state index contributed by atoms with van der Waals surface area (Å²) in [6.07, 6.45) is 0. The molecular formula is C19H16ClNO4. The molecule has 3 rings (SSSR count). The van der Waals surface area contributed by atoms with E-state index in [2.05, 4.69) is 5.32 Å². The number of ether oxygens (including phenoxy) is 2. The lowest BCUT2D eigenvalue weighted by Gasteiger charge is -2.10. The third-order valence-corrected chi connectivity index (χ3v) is 3.82. The van der Waals surface area contributed by atoms with Crippen molar-refractivity contribution in [2.24, 2.45) is 0 Å². The van der Waals surface area contributed by atoms with Gasteiger partial charge in [0, 0.05) is 22.3 Å². The number of hydrogen-bond donors (Lipinski definition) is 1. The molecule has 0 bridgehead atoms. The Bertz CT molecular complexity index is 904. The lowest BCUT2D eigenvalue weighted by molar-refractivity contribution is 0.0997. The van der Waals surface area contributed by atoms with Gasteiger partial charge in [-0.25, -0.2) is 0 Å². The molecule has 0 saturated heterocycles. The molecule has 1 amide bonds. The Kier molecular flexibility index (Phi) is 4.95. The zero-order chi connectivity index (χ0) is 17.8. The van der Waals surface area contributed by atoms with E-state index < -0.39 is 0 Å². The molecule has 0 radical (unpaired) electrons. The Labute approximate surface area is 150 Å². The van der Waals surface area contributed by atoms with Gasteiger partial charge < -0.3 is 19.2 Å². The largest absolute Gasteiger partial charge is 0.493 e. The van der Waals surface area contributed by atoms with Crippen LogP contribution in [0.4, 0.5) is 5.69 Å². The van der Waals surface area contributed by atoms with Crippen LogP contribution in [0.3, 0.4) is 0 Å². The molecule has 1 aromatic heterocycles. The molecule has 1 N–H and O–H groups in total. The first-order chi connectivity index (χ1) is 12.1. The normalized spacial score (nSPS) is 10.4. The van der Waals surface area contributed by atoms with Crippen LogP contribution in [0, 0.1) is 0 Å². The smallest absolute Gasteiger partial charge is 0.291 e. The van der Waals surface area contributed by atoms with Crippen molar-refractivity contribution in [3.63, 3.8) is 0 Å². The Hall–Kier alpha value is -2.92. The lowest BCUT2D eigenvalue weighted by Crippen LogP contribution is -2.10. The molecular weight excluding hydrogens is 342 g/mol. The van der Waals surface area contributed by atoms with Gasteiger partial charge in [-0.3, -0.25) is 4.79 Å². The molecule has 0 aliphatic rings. The number of benzene rings is 2. The summed E-state index contributed by atoms with van der Waals surface area (Å²) >= 11 is 5.98. The number of carbonyl (C=O) groups excluding carboxylic acids is 1. The van der Waals surface area contributed by atoms with Crippen LogP contribution in [0.2, 0.25) is 5.02 Å². The van der Waals surface area contributed by atoms with Gasteiger partial charge in [-0.15, -0.1) is 0 Å². The highest BCUT2D eigenvalue weighted by molar-refractivity contribution is 6.30. The van der Waals surface area contributed by atoms with Crippen molar-refractivity contribution in [3.8, 4) is 22.8 Å². The van der Waals surface area contributed by atoms with Gasteiger partial charge in [0.15, 0.2) is 17.3 Å². The number of amides is 1. The van der Waals surface area contributed by atoms with Crippen LogP contribution >= 0.6 is 11.6 Å². The van der Waals surface area contributed by atoms with Gasteiger partial charge in [-0.05, 0) is 36.4 Å². The number of halogens is 1. The lowest BCUT2D eigenvalue weighted by atomic mass is 10.2. The van der Waals surface area contributed by atoms with E-state index in [1.807, 2.05) is 12.1 Å². The second-order valence-corrected chi connectivity index (χ2v) is 5.63. The van der Waals surface area contributed by atoms with Crippen molar-refractivity contribution in [2.45, 2.75) is 0 Å². The standard InChI is InChI=1S/C19H16ClNO4/c1-23-16-7-6-14(11-18(16)24-2)21-19(22)17-9-8-15(25-17)12-4-3-5-13(20)10-12/h3-11H,1-2H3,(H,21,22). The second-order valence-electron chi connectivity index (χ2n) is 5.20. The van der Waals surface area contributed by atoms with Gasteiger partial charge in [0.2, 0.25) is 0 Å². The van der Waals surface area contributed by atoms with E-state index in [9.17, 15) is 4.79 Å². The summed E-state index contributed by atoms with van der Waals surface area (Å²) in [4.78, 5) is 12.4. The number of anilines is 1. The van der Waals surface area contributed by atoms with Crippen LogP contribution < -0.4 is 14.8 Å². The average molecular weight is 358 g/mol. The van der Waals surface area contributed by atoms with E-state index in [0.29, 0.717) is 28.0 Å². The summed E-state index contributed by atoms with van der Waals surface area (Å²) in [6.45, 7) is 0. The SMILES string of the molecule is COc1ccc(NC(=O)c2ccc(-c3cccc(Cl)c3)o2)cc1OC. The number of nitrogens with one attached hydrogen (secondary N) is 1. The second kappa shape index (κ2) is 7.32. The Morgan fingerprint density at radius 1 is 1.00 bits per heavy atom. The predicted octanol–water partition coefficient (Wildman–Crippen LogP) is 4.87. The molecule has 0 aliphatic heterocycles. The monoisotopic (exact) mass is 357 g/mol. The molecule has 3 aromatic rings. The minimum atomic E-state index is -0.361. The van der Waals surface area contributed by atoms with Crippen LogP contribution in [0.25, 0.3) is 11.3 Å². The van der Waals surface area contributed by atoms with E-state index in [1.165, 1.54) is 7.11 Å². The molecule has 0 fully saturated rings. The highest BCUT2D eigenvalue weighted by Gasteiger charge is 2.14. The van der Waals surface area contributed by atoms with Gasteiger partial charge in [0.25, 0.3) is 5.91 Å². The fraction of sp³-hybridized carbons (Fsp3) is 0.105. The van der Waals surface area contributed by atoms with Crippen LogP contribution in [0.1, 0.15) is 10.6 Å². The molecule has 0 unspecified atom stereocenters. The summed E-state index contributed by atoms with van der Waals surface area (Å²) in [5.74, 6) is 1.52. The zero-order valence-corrected chi connectivity index (χ0v) is 14.5. The predicted molar refractivity (Wildman–Crippen MR) is 96.7 cm³/mol. The van der Waals surface area contributed by atoms with Gasteiger partial charge in [-0.2, -0.15) is 0 Å². The maximum atomic E-state index is 12.4. The van der Waals surface area contributed by atoms with Crippen molar-refractivity contribution in [1.82, 2.24) is 0 Å². The molecule has 2 aromatic carbocycles. The topological polar surface area (TPSA) is 60.7 Å². The number of furan rings is 1. The van der Waals surface area contributed by atoms with E-state index in [4.69, 9.17) is 25.5 Å². The number of hydrogen-bond acceptors (Lipinski definition) is 4. The summed E-state index contributed by atoms with van der Waals surface area (Å²) in [7, 11) is 3.09. The molecule has 0 aliphatic carbocycles. The molecule has 0 spiro atoms. The first-order valence-electron chi connectivity index (χ1n) is 7.50. The van der Waals surface area contributed by atoms with E-state index in [1.54, 1.807) is 49.6 Å². The highest BCUT2D eigenvalue weighted by atomic mass is 35.5. The van der Waals surface area contributed by atoms with E-state index >= 15 is 0 Å². The van der Waals surface area contributed by atoms with Crippen LogP contribution in [0.5, 0.6) is 11.5 Å². The average Bonchev–Trinajstić information content (AvgIpc) is 3.12. The van der Waals surface area contributed by atoms with Crippen molar-refractivity contribution >= 4 is 23.2 Å². The minimum Gasteiger partial charge on any atom is -0.493 e. The van der Waals surface area contributed by atoms with E-state index in [0.717, 1.165) is 5.56 Å². The van der Waals surface area contributed by atoms with Crippen molar-refractivity contribution < 1.29 is 18.7 Å². The Morgan fingerprint density at radius 3 is 2.52 bits per heavy atom. The first-order valence-corrected chi connectivity index (χ1v) is 7.87. The first kappa shape index (κ1) is 16.9. The number of rotatable bonds is 5. The van der Waals surface area contributed by atoms with Crippen molar-refractivity contribution in [2.75, 3.05) is 19.5 Å². The molecule has 5 nitrogen and oxygen atoms in total. The van der Waals surface area contributed by atoms with E-state index in [-0.39, 0.29) is 11.7 Å². The minimum absolute atomic E-state index is 0.199. The van der Waals surface area contributed by atoms with Gasteiger partial charge in [-0.1, -0.05) is 23.7 Å². The Morgan fingerprint density at radius 2 is 1.80 bits per heavy atom. The highest BCUT2D eigenvalue weighted by Crippen LogP contribution is 2.30. The van der Waals surface area contributed by atoms with Gasteiger partial charge in [0.1, 0.15) is 5.76 Å². The van der Waals surface area contributed by atoms with Crippen LogP contribution in [-0.2, 0) is 0 Å². The number of methoxy groups -OCH3 is 2. The molecule has 128 valence electrons. The van der Waals surface area contributed by atoms with Crippen molar-refractivity contribution in [3.05, 3.63) is 65.4 Å². The molecule has 25 heavy (non-hydrogen) atoms. The maximum Gasteiger partial charge on any atom is 0.291 e. The zero-order valence-electron chi connectivity index (χ0n) is 13.7. The third-order valence-electron chi connectivity index (χ3n) is 3.58. The fourth-order valence-corrected chi connectivity index (χ4v) is 2.55. The third kappa shape index (κ3) is 3.78. The van der Waals surface area contributed by atoms with Gasteiger partial charge >= 0.3 is 0 Å². The molecule has 6 heteroatoms. The molecule has 0 atom stereocenters. The summed E-state index contributed by atoms with van der Waals surface area (Å²) in [5.41, 5.74) is 1.38. The summed E-state index contributed by atoms with van der Waals surface area (Å²) in [5, 5.41) is 3.37. The number of carbonyl (C=O) groups is 1. The quantitative estimate of drug-likeness (QED) is 0.707. The summed E-state index contributed by atoms with van der Waals surface area (Å²) in [6, 6.07) is 15.7. The maximum absolute atomic E-state index is 12.4. The van der Waals surface area contributed by atoms with Crippen LogP contribution in [0.15, 0.2) is 59.0 Å². The summed E-state index contributed by atoms with van der Waals surface area (Å²) < 4.78 is 16.0.